The van der Waals surface area contributed by atoms with Gasteiger partial charge in [0.15, 0.2) is 0 Å². The van der Waals surface area contributed by atoms with Gasteiger partial charge in [-0.1, -0.05) is 42.3 Å². The number of rotatable bonds is 9. The van der Waals surface area contributed by atoms with E-state index in [2.05, 4.69) is 49.1 Å². The van der Waals surface area contributed by atoms with Crippen molar-refractivity contribution < 1.29 is 9.59 Å². The fourth-order valence-electron chi connectivity index (χ4n) is 8.12. The summed E-state index contributed by atoms with van der Waals surface area (Å²) in [7, 11) is 0. The first-order valence-electron chi connectivity index (χ1n) is 12.8. The summed E-state index contributed by atoms with van der Waals surface area (Å²) in [4.78, 5) is 29.6. The van der Waals surface area contributed by atoms with Crippen molar-refractivity contribution in [3.05, 3.63) is 47.0 Å². The maximum Gasteiger partial charge on any atom is 0.225 e. The molecule has 1 aromatic rings. The largest absolute Gasteiger partial charge is 0.369 e. The van der Waals surface area contributed by atoms with Gasteiger partial charge in [-0.05, 0) is 107 Å². The maximum absolute atomic E-state index is 13.5. The number of nitrogens with two attached hydrogens (primary N) is 2. The lowest BCUT2D eigenvalue weighted by Crippen LogP contribution is -2.60. The van der Waals surface area contributed by atoms with Crippen molar-refractivity contribution >= 4 is 11.8 Å². The summed E-state index contributed by atoms with van der Waals surface area (Å²) < 4.78 is 0. The predicted molar refractivity (Wildman–Crippen MR) is 130 cm³/mol. The normalized spacial score (nSPS) is 33.8. The number of carbonyl (C=O) groups is 2. The van der Waals surface area contributed by atoms with Gasteiger partial charge in [0, 0.05) is 0 Å². The van der Waals surface area contributed by atoms with E-state index in [0.29, 0.717) is 12.8 Å². The molecular formula is C28H39N3O2. The molecule has 5 heteroatoms. The van der Waals surface area contributed by atoms with E-state index >= 15 is 0 Å². The van der Waals surface area contributed by atoms with Crippen LogP contribution in [-0.4, -0.2) is 36.3 Å². The Morgan fingerprint density at radius 2 is 1.61 bits per heavy atom. The van der Waals surface area contributed by atoms with Crippen LogP contribution in [0.4, 0.5) is 0 Å². The summed E-state index contributed by atoms with van der Waals surface area (Å²) in [5.41, 5.74) is 14.2. The minimum absolute atomic E-state index is 0.000662. The van der Waals surface area contributed by atoms with Crippen LogP contribution in [0.3, 0.4) is 0 Å². The molecule has 2 saturated carbocycles. The van der Waals surface area contributed by atoms with Crippen LogP contribution in [0.5, 0.6) is 0 Å². The number of aryl methyl sites for hydroxylation is 2. The fraction of sp³-hybridized carbons (Fsp3) is 0.643. The van der Waals surface area contributed by atoms with Crippen molar-refractivity contribution in [3.63, 3.8) is 0 Å². The summed E-state index contributed by atoms with van der Waals surface area (Å²) in [5.74, 6) is -0.642. The molecule has 1 aliphatic heterocycles. The van der Waals surface area contributed by atoms with Crippen molar-refractivity contribution in [2.75, 3.05) is 19.6 Å². The second-order valence-electron chi connectivity index (χ2n) is 11.4. The number of unbranched alkanes of at least 4 members (excludes halogenated alkanes) is 1. The number of allylic oxidation sites excluding steroid dienone is 2. The van der Waals surface area contributed by atoms with Crippen molar-refractivity contribution in [1.29, 1.82) is 0 Å². The minimum atomic E-state index is -0.956. The molecule has 1 saturated heterocycles. The van der Waals surface area contributed by atoms with Crippen LogP contribution in [-0.2, 0) is 16.0 Å². The molecule has 0 radical (unpaired) electrons. The average Bonchev–Trinajstić information content (AvgIpc) is 3.13. The molecule has 3 aliphatic carbocycles. The van der Waals surface area contributed by atoms with Gasteiger partial charge in [-0.15, -0.1) is 0 Å². The molecule has 178 valence electrons. The molecule has 4 N–H and O–H groups in total. The van der Waals surface area contributed by atoms with E-state index in [1.807, 2.05) is 0 Å². The SMILES string of the molecule is Cc1ccc(C[C@@]2(C(N)=O)[C@H]3C=C[C@H](C34CC4)[C@@]2(CCCCN2CCCC2)C(N)=O)c(C)c1. The molecule has 4 aliphatic rings. The van der Waals surface area contributed by atoms with Crippen LogP contribution in [0, 0.1) is 41.9 Å². The van der Waals surface area contributed by atoms with Gasteiger partial charge < -0.3 is 16.4 Å². The monoisotopic (exact) mass is 449 g/mol. The Balaban J connectivity index is 1.53. The van der Waals surface area contributed by atoms with Crippen LogP contribution in [0.15, 0.2) is 30.4 Å². The van der Waals surface area contributed by atoms with Gasteiger partial charge in [-0.25, -0.2) is 0 Å². The molecule has 2 amide bonds. The van der Waals surface area contributed by atoms with Gasteiger partial charge in [0.1, 0.15) is 0 Å². The number of primary amides is 2. The predicted octanol–water partition coefficient (Wildman–Crippen LogP) is 3.65. The number of hydrogen-bond donors (Lipinski definition) is 2. The zero-order valence-corrected chi connectivity index (χ0v) is 20.2. The zero-order valence-electron chi connectivity index (χ0n) is 20.2. The number of hydrogen-bond acceptors (Lipinski definition) is 3. The van der Waals surface area contributed by atoms with E-state index in [1.54, 1.807) is 0 Å². The average molecular weight is 450 g/mol. The molecular weight excluding hydrogens is 410 g/mol. The van der Waals surface area contributed by atoms with Crippen molar-refractivity contribution in [3.8, 4) is 0 Å². The van der Waals surface area contributed by atoms with Crippen molar-refractivity contribution in [1.82, 2.24) is 4.90 Å². The van der Waals surface area contributed by atoms with E-state index in [4.69, 9.17) is 11.5 Å². The number of benzene rings is 1. The first-order valence-corrected chi connectivity index (χ1v) is 12.8. The molecule has 5 rings (SSSR count). The molecule has 33 heavy (non-hydrogen) atoms. The fourth-order valence-corrected chi connectivity index (χ4v) is 8.12. The van der Waals surface area contributed by atoms with Gasteiger partial charge in [0.05, 0.1) is 10.8 Å². The molecule has 2 bridgehead atoms. The van der Waals surface area contributed by atoms with Crippen LogP contribution >= 0.6 is 0 Å². The second kappa shape index (κ2) is 7.97. The molecule has 5 nitrogen and oxygen atoms in total. The standard InChI is InChI=1S/C28H39N3O2/c1-19-7-8-21(20(2)17-19)18-28(25(30)33)23-10-9-22(26(23)12-13-26)27(28,24(29)32)11-3-4-14-31-15-5-6-16-31/h7-10,17,22-23H,3-6,11-16,18H2,1-2H3,(H2,29,32)(H2,30,33)/t22-,23+,27+,28+/m1/s1. The Morgan fingerprint density at radius 3 is 2.18 bits per heavy atom. The Hall–Kier alpha value is -2.14. The topological polar surface area (TPSA) is 89.4 Å². The smallest absolute Gasteiger partial charge is 0.225 e. The lowest BCUT2D eigenvalue weighted by atomic mass is 9.53. The van der Waals surface area contributed by atoms with Gasteiger partial charge in [0.2, 0.25) is 11.8 Å². The highest BCUT2D eigenvalue weighted by atomic mass is 16.2. The highest BCUT2D eigenvalue weighted by Gasteiger charge is 2.81. The van der Waals surface area contributed by atoms with Gasteiger partial charge >= 0.3 is 0 Å². The third kappa shape index (κ3) is 3.14. The third-order valence-corrected chi connectivity index (χ3v) is 9.76. The Labute approximate surface area is 198 Å². The van der Waals surface area contributed by atoms with E-state index in [1.165, 1.54) is 31.5 Å². The minimum Gasteiger partial charge on any atom is -0.369 e. The molecule has 4 atom stereocenters. The summed E-state index contributed by atoms with van der Waals surface area (Å²) in [5, 5.41) is 0. The number of carbonyl (C=O) groups excluding carboxylic acids is 2. The second-order valence-corrected chi connectivity index (χ2v) is 11.4. The maximum atomic E-state index is 13.5. The highest BCUT2D eigenvalue weighted by Crippen LogP contribution is 2.81. The quantitative estimate of drug-likeness (QED) is 0.445. The van der Waals surface area contributed by atoms with Gasteiger partial charge in [0.25, 0.3) is 0 Å². The van der Waals surface area contributed by atoms with E-state index in [9.17, 15) is 9.59 Å². The number of nitrogens with zero attached hydrogens (tertiary/aromatic N) is 1. The van der Waals surface area contributed by atoms with Gasteiger partial charge in [-0.2, -0.15) is 0 Å². The van der Waals surface area contributed by atoms with E-state index in [-0.39, 0.29) is 29.1 Å². The van der Waals surface area contributed by atoms with Crippen LogP contribution in [0.25, 0.3) is 0 Å². The van der Waals surface area contributed by atoms with Crippen LogP contribution in [0.1, 0.15) is 61.6 Å². The third-order valence-electron chi connectivity index (χ3n) is 9.76. The Bertz CT molecular complexity index is 991. The highest BCUT2D eigenvalue weighted by molar-refractivity contribution is 5.95. The Kier molecular flexibility index (Phi) is 5.47. The first kappa shape index (κ1) is 22.6. The lowest BCUT2D eigenvalue weighted by Gasteiger charge is -2.48. The molecule has 3 fully saturated rings. The van der Waals surface area contributed by atoms with Crippen LogP contribution in [0.2, 0.25) is 0 Å². The lowest BCUT2D eigenvalue weighted by molar-refractivity contribution is -0.151. The zero-order chi connectivity index (χ0) is 23.4. The van der Waals surface area contributed by atoms with Crippen molar-refractivity contribution in [2.45, 2.75) is 65.2 Å². The molecule has 0 aromatic heterocycles. The van der Waals surface area contributed by atoms with E-state index < -0.39 is 10.8 Å². The molecule has 0 unspecified atom stereocenters. The molecule has 1 aromatic carbocycles. The van der Waals surface area contributed by atoms with Crippen molar-refractivity contribution in [2.24, 2.45) is 39.5 Å². The van der Waals surface area contributed by atoms with E-state index in [0.717, 1.165) is 43.4 Å². The molecule has 1 heterocycles. The first-order chi connectivity index (χ1) is 15.8. The summed E-state index contributed by atoms with van der Waals surface area (Å²) in [6.45, 7) is 7.58. The number of likely N-dealkylation sites (tertiary alicyclic amines) is 1. The summed E-state index contributed by atoms with van der Waals surface area (Å²) in [6.07, 6.45) is 12.2. The van der Waals surface area contributed by atoms with Crippen LogP contribution < -0.4 is 11.5 Å². The summed E-state index contributed by atoms with van der Waals surface area (Å²) >= 11 is 0. The molecule has 1 spiro atoms. The van der Waals surface area contributed by atoms with Gasteiger partial charge in [-0.3, -0.25) is 9.59 Å². The summed E-state index contributed by atoms with van der Waals surface area (Å²) in [6, 6.07) is 6.36. The Morgan fingerprint density at radius 1 is 0.970 bits per heavy atom. The number of amides is 2.